The van der Waals surface area contributed by atoms with Gasteiger partial charge in [-0.1, -0.05) is 11.6 Å². The summed E-state index contributed by atoms with van der Waals surface area (Å²) in [5, 5.41) is 10.2. The minimum Gasteiger partial charge on any atom is -0.453 e. The maximum Gasteiger partial charge on any atom is 0.407 e. The van der Waals surface area contributed by atoms with Crippen LogP contribution in [-0.4, -0.2) is 60.2 Å². The van der Waals surface area contributed by atoms with E-state index in [-0.39, 0.29) is 34.0 Å². The molecule has 1 aromatic carbocycles. The van der Waals surface area contributed by atoms with Crippen molar-refractivity contribution in [3.8, 4) is 22.5 Å². The standard InChI is InChI=1S/C21H25ClFN7O4S/c1-5-30-11-15(16-6-7-24-20(27-16)25-10-12(2)26-21(31)34-3)19(28-30)14-8-13(22)9-17(18(14)23)29-35(4,32)33/h6-9,11-12,29H,5,10H2,1-4H3,(H,26,31)(H,24,25,27)/t12-/m0/s1. The average molecular weight is 526 g/mol. The maximum absolute atomic E-state index is 15.4. The molecule has 0 saturated carbocycles. The van der Waals surface area contributed by atoms with Gasteiger partial charge in [0, 0.05) is 47.7 Å². The molecule has 11 nitrogen and oxygen atoms in total. The molecule has 35 heavy (non-hydrogen) atoms. The molecule has 188 valence electrons. The number of halogens is 2. The summed E-state index contributed by atoms with van der Waals surface area (Å²) in [5.74, 6) is -0.542. The van der Waals surface area contributed by atoms with E-state index in [2.05, 4.69) is 35.2 Å². The van der Waals surface area contributed by atoms with Gasteiger partial charge in [-0.2, -0.15) is 5.10 Å². The number of carbonyl (C=O) groups excluding carboxylic acids is 1. The van der Waals surface area contributed by atoms with Crippen LogP contribution in [0.2, 0.25) is 5.02 Å². The molecular weight excluding hydrogens is 501 g/mol. The van der Waals surface area contributed by atoms with E-state index in [4.69, 9.17) is 11.6 Å². The van der Waals surface area contributed by atoms with Crippen molar-refractivity contribution in [3.05, 3.63) is 41.4 Å². The van der Waals surface area contributed by atoms with Gasteiger partial charge in [-0.3, -0.25) is 9.40 Å². The van der Waals surface area contributed by atoms with Crippen molar-refractivity contribution in [2.75, 3.05) is 29.9 Å². The maximum atomic E-state index is 15.4. The molecule has 0 radical (unpaired) electrons. The molecule has 0 aliphatic heterocycles. The Morgan fingerprint density at radius 3 is 2.71 bits per heavy atom. The first-order chi connectivity index (χ1) is 16.5. The highest BCUT2D eigenvalue weighted by molar-refractivity contribution is 7.92. The number of ether oxygens (including phenoxy) is 1. The number of alkyl carbamates (subject to hydrolysis) is 1. The zero-order chi connectivity index (χ0) is 25.8. The number of methoxy groups -OCH3 is 1. The summed E-state index contributed by atoms with van der Waals surface area (Å²) in [6.07, 6.45) is 3.59. The molecule has 0 fully saturated rings. The second kappa shape index (κ2) is 10.9. The van der Waals surface area contributed by atoms with Crippen LogP contribution in [0.3, 0.4) is 0 Å². The normalized spacial score (nSPS) is 12.2. The summed E-state index contributed by atoms with van der Waals surface area (Å²) in [5.41, 5.74) is 0.889. The van der Waals surface area contributed by atoms with Crippen LogP contribution >= 0.6 is 11.6 Å². The predicted molar refractivity (Wildman–Crippen MR) is 131 cm³/mol. The second-order valence-electron chi connectivity index (χ2n) is 7.62. The summed E-state index contributed by atoms with van der Waals surface area (Å²) < 4.78 is 47.1. The molecule has 0 aliphatic carbocycles. The largest absolute Gasteiger partial charge is 0.453 e. The summed E-state index contributed by atoms with van der Waals surface area (Å²) in [4.78, 5) is 20.0. The Kier molecular flexibility index (Phi) is 8.12. The molecule has 0 bridgehead atoms. The fraction of sp³-hybridized carbons (Fsp3) is 0.333. The van der Waals surface area contributed by atoms with Crippen LogP contribution in [-0.2, 0) is 21.3 Å². The number of nitrogens with one attached hydrogen (secondary N) is 3. The van der Waals surface area contributed by atoms with Crippen molar-refractivity contribution >= 4 is 39.4 Å². The zero-order valence-electron chi connectivity index (χ0n) is 19.5. The first kappa shape index (κ1) is 26.2. The Morgan fingerprint density at radius 2 is 2.06 bits per heavy atom. The first-order valence-corrected chi connectivity index (χ1v) is 12.7. The molecular formula is C21H25ClFN7O4S. The Morgan fingerprint density at radius 1 is 1.31 bits per heavy atom. The van der Waals surface area contributed by atoms with Crippen molar-refractivity contribution in [2.24, 2.45) is 0 Å². The van der Waals surface area contributed by atoms with Crippen LogP contribution < -0.4 is 15.4 Å². The minimum absolute atomic E-state index is 0.00914. The van der Waals surface area contributed by atoms with Crippen molar-refractivity contribution in [3.63, 3.8) is 0 Å². The van der Waals surface area contributed by atoms with E-state index in [1.165, 1.54) is 25.4 Å². The third kappa shape index (κ3) is 6.79. The molecule has 0 unspecified atom stereocenters. The third-order valence-electron chi connectivity index (χ3n) is 4.72. The average Bonchev–Trinajstić information content (AvgIpc) is 3.23. The Balaban J connectivity index is 1.99. The first-order valence-electron chi connectivity index (χ1n) is 10.5. The molecule has 3 rings (SSSR count). The van der Waals surface area contributed by atoms with E-state index in [1.54, 1.807) is 23.9 Å². The monoisotopic (exact) mass is 525 g/mol. The third-order valence-corrected chi connectivity index (χ3v) is 5.53. The number of anilines is 2. The SMILES string of the molecule is CCn1cc(-c2ccnc(NC[C@H](C)NC(=O)OC)n2)c(-c2cc(Cl)cc(NS(C)(=O)=O)c2F)n1. The Hall–Kier alpha value is -3.45. The summed E-state index contributed by atoms with van der Waals surface area (Å²) in [7, 11) is -2.47. The van der Waals surface area contributed by atoms with E-state index in [9.17, 15) is 13.2 Å². The summed E-state index contributed by atoms with van der Waals surface area (Å²) >= 11 is 6.17. The van der Waals surface area contributed by atoms with Gasteiger partial charge in [-0.25, -0.2) is 27.6 Å². The fourth-order valence-electron chi connectivity index (χ4n) is 3.15. The lowest BCUT2D eigenvalue weighted by Gasteiger charge is -2.14. The Bertz CT molecular complexity index is 1330. The van der Waals surface area contributed by atoms with Crippen molar-refractivity contribution < 1.29 is 22.3 Å². The van der Waals surface area contributed by atoms with Crippen molar-refractivity contribution in [1.82, 2.24) is 25.1 Å². The highest BCUT2D eigenvalue weighted by Crippen LogP contribution is 2.36. The number of benzene rings is 1. The lowest BCUT2D eigenvalue weighted by molar-refractivity contribution is 0.168. The molecule has 3 aromatic rings. The number of amides is 1. The van der Waals surface area contributed by atoms with Crippen LogP contribution in [0.15, 0.2) is 30.6 Å². The lowest BCUT2D eigenvalue weighted by Crippen LogP contribution is -2.37. The van der Waals surface area contributed by atoms with Crippen LogP contribution in [0.25, 0.3) is 22.5 Å². The van der Waals surface area contributed by atoms with Gasteiger partial charge < -0.3 is 15.4 Å². The number of hydrogen-bond acceptors (Lipinski definition) is 8. The molecule has 2 aromatic heterocycles. The van der Waals surface area contributed by atoms with Gasteiger partial charge in [0.1, 0.15) is 5.69 Å². The van der Waals surface area contributed by atoms with E-state index < -0.39 is 21.9 Å². The number of aryl methyl sites for hydroxylation is 1. The molecule has 1 atom stereocenters. The van der Waals surface area contributed by atoms with Gasteiger partial charge in [0.2, 0.25) is 16.0 Å². The van der Waals surface area contributed by atoms with Gasteiger partial charge in [-0.05, 0) is 32.0 Å². The van der Waals surface area contributed by atoms with Gasteiger partial charge in [0.15, 0.2) is 5.82 Å². The number of sulfonamides is 1. The quantitative estimate of drug-likeness (QED) is 0.386. The molecule has 2 heterocycles. The van der Waals surface area contributed by atoms with Crippen LogP contribution in [0.5, 0.6) is 0 Å². The number of aromatic nitrogens is 4. The van der Waals surface area contributed by atoms with Crippen molar-refractivity contribution in [2.45, 2.75) is 26.4 Å². The number of rotatable bonds is 9. The number of carbonyl (C=O) groups is 1. The molecule has 3 N–H and O–H groups in total. The van der Waals surface area contributed by atoms with Gasteiger partial charge in [0.05, 0.1) is 24.7 Å². The fourth-order valence-corrected chi connectivity index (χ4v) is 3.92. The number of hydrogen-bond donors (Lipinski definition) is 3. The molecule has 1 amide bonds. The van der Waals surface area contributed by atoms with Gasteiger partial charge >= 0.3 is 6.09 Å². The molecule has 0 spiro atoms. The predicted octanol–water partition coefficient (Wildman–Crippen LogP) is 3.35. The summed E-state index contributed by atoms with van der Waals surface area (Å²) in [6.45, 7) is 4.47. The van der Waals surface area contributed by atoms with Gasteiger partial charge in [0.25, 0.3) is 0 Å². The van der Waals surface area contributed by atoms with E-state index in [0.29, 0.717) is 24.3 Å². The second-order valence-corrected chi connectivity index (χ2v) is 9.80. The topological polar surface area (TPSA) is 140 Å². The van der Waals surface area contributed by atoms with Crippen LogP contribution in [0.1, 0.15) is 13.8 Å². The smallest absolute Gasteiger partial charge is 0.407 e. The molecule has 0 aliphatic rings. The molecule has 14 heteroatoms. The minimum atomic E-state index is -3.74. The van der Waals surface area contributed by atoms with E-state index >= 15 is 4.39 Å². The number of nitrogens with zero attached hydrogens (tertiary/aromatic N) is 4. The lowest BCUT2D eigenvalue weighted by atomic mass is 10.0. The van der Waals surface area contributed by atoms with Gasteiger partial charge in [-0.15, -0.1) is 0 Å². The van der Waals surface area contributed by atoms with Crippen LogP contribution in [0, 0.1) is 5.82 Å². The highest BCUT2D eigenvalue weighted by Gasteiger charge is 2.22. The molecule has 0 saturated heterocycles. The Labute approximate surface area is 207 Å². The highest BCUT2D eigenvalue weighted by atomic mass is 35.5. The summed E-state index contributed by atoms with van der Waals surface area (Å²) in [6, 6.07) is 3.93. The zero-order valence-corrected chi connectivity index (χ0v) is 21.0. The van der Waals surface area contributed by atoms with E-state index in [0.717, 1.165) is 6.26 Å². The van der Waals surface area contributed by atoms with Crippen LogP contribution in [0.4, 0.5) is 20.8 Å². The van der Waals surface area contributed by atoms with Crippen molar-refractivity contribution in [1.29, 1.82) is 0 Å². The van der Waals surface area contributed by atoms with E-state index in [1.807, 2.05) is 6.92 Å².